The van der Waals surface area contributed by atoms with E-state index in [9.17, 15) is 4.79 Å². The van der Waals surface area contributed by atoms with Crippen molar-refractivity contribution in [3.05, 3.63) is 0 Å². The van der Waals surface area contributed by atoms with E-state index in [-0.39, 0.29) is 11.9 Å². The molecule has 10 N–H and O–H groups in total. The normalized spacial score (nSPS) is 12.9. The fourth-order valence-electron chi connectivity index (χ4n) is 0.899. The van der Waals surface area contributed by atoms with Crippen molar-refractivity contribution in [2.75, 3.05) is 6.54 Å². The molecule has 0 bridgehead atoms. The maximum absolute atomic E-state index is 10.7. The smallest absolute Gasteiger partial charge is 0.327 e. The first-order valence-corrected chi connectivity index (χ1v) is 4.56. The number of guanidine groups is 2. The fraction of sp³-hybridized carbons (Fsp3) is 0.571. The van der Waals surface area contributed by atoms with Crippen molar-refractivity contribution in [2.45, 2.75) is 18.9 Å². The van der Waals surface area contributed by atoms with Crippen LogP contribution in [0.4, 0.5) is 0 Å². The Morgan fingerprint density at radius 3 is 2.31 bits per heavy atom. The maximum Gasteiger partial charge on any atom is 0.327 e. The summed E-state index contributed by atoms with van der Waals surface area (Å²) >= 11 is 0. The zero-order chi connectivity index (χ0) is 12.6. The van der Waals surface area contributed by atoms with E-state index >= 15 is 0 Å². The molecule has 92 valence electrons. The molecule has 9 nitrogen and oxygen atoms in total. The molecule has 0 aromatic carbocycles. The molecule has 0 aliphatic carbocycles. The standard InChI is InChI=1S/C7H17N7O2/c8-6(9)12-3-1-2-4(5(15)16)13-14-7(10)11/h4,13H,1-3H2,(H,15,16)(H4,8,9,12)(H4,10,11,14)/t4-/m0/s1/i7+1,10+1,14+1. The Labute approximate surface area is 92.6 Å². The van der Waals surface area contributed by atoms with Gasteiger partial charge in [0.1, 0.15) is 6.04 Å². The summed E-state index contributed by atoms with van der Waals surface area (Å²) in [7, 11) is 0. The van der Waals surface area contributed by atoms with E-state index in [0.29, 0.717) is 19.4 Å². The van der Waals surface area contributed by atoms with Crippen LogP contribution in [0.2, 0.25) is 0 Å². The number of carbonyl (C=O) groups is 1. The number of aliphatic carboxylic acids is 1. The van der Waals surface area contributed by atoms with Crippen LogP contribution in [-0.4, -0.2) is 35.6 Å². The number of hydrogen-bond donors (Lipinski definition) is 6. The Balaban J connectivity index is 4.00. The second-order valence-corrected chi connectivity index (χ2v) is 3.01. The predicted octanol–water partition coefficient (Wildman–Crippen LogP) is -2.73. The van der Waals surface area contributed by atoms with Crippen LogP contribution >= 0.6 is 0 Å². The molecule has 0 radical (unpaired) electrons. The van der Waals surface area contributed by atoms with Crippen molar-refractivity contribution in [3.8, 4) is 0 Å². The monoisotopic (exact) mass is 234 g/mol. The van der Waals surface area contributed by atoms with Gasteiger partial charge in [0.05, 0.1) is 0 Å². The molecular formula is C7H17N7O2. The highest BCUT2D eigenvalue weighted by Gasteiger charge is 2.15. The van der Waals surface area contributed by atoms with Gasteiger partial charge in [0.25, 0.3) is 0 Å². The molecule has 0 saturated carbocycles. The van der Waals surface area contributed by atoms with E-state index in [2.05, 4.69) is 15.5 Å². The molecule has 0 unspecified atom stereocenters. The topological polar surface area (TPSA) is 178 Å². The van der Waals surface area contributed by atoms with Crippen LogP contribution in [0.3, 0.4) is 0 Å². The van der Waals surface area contributed by atoms with Crippen LogP contribution in [0.1, 0.15) is 12.8 Å². The van der Waals surface area contributed by atoms with Gasteiger partial charge in [-0.1, -0.05) is 0 Å². The van der Waals surface area contributed by atoms with Crippen LogP contribution in [0.5, 0.6) is 0 Å². The van der Waals surface area contributed by atoms with Crippen LogP contribution < -0.4 is 28.4 Å². The Morgan fingerprint density at radius 2 is 1.88 bits per heavy atom. The van der Waals surface area contributed by atoms with Crippen molar-refractivity contribution >= 4 is 17.9 Å². The van der Waals surface area contributed by atoms with E-state index in [1.165, 1.54) is 0 Å². The van der Waals surface area contributed by atoms with Crippen molar-refractivity contribution in [1.82, 2.24) is 5.43 Å². The van der Waals surface area contributed by atoms with Gasteiger partial charge >= 0.3 is 5.97 Å². The van der Waals surface area contributed by atoms with Gasteiger partial charge in [-0.2, -0.15) is 0 Å². The van der Waals surface area contributed by atoms with E-state index in [1.54, 1.807) is 0 Å². The molecular weight excluding hydrogens is 217 g/mol. The van der Waals surface area contributed by atoms with Gasteiger partial charge in [-0.05, 0) is 12.8 Å². The number of nitrogens with one attached hydrogen (secondary N) is 1. The molecule has 0 aliphatic heterocycles. The van der Waals surface area contributed by atoms with Gasteiger partial charge in [-0.25, -0.2) is 4.79 Å². The number of aliphatic imine (C=N–C) groups is 1. The van der Waals surface area contributed by atoms with Gasteiger partial charge in [0.2, 0.25) is 5.96 Å². The molecule has 0 aliphatic rings. The molecule has 1 atom stereocenters. The lowest BCUT2D eigenvalue weighted by molar-refractivity contribution is -0.139. The molecule has 0 fully saturated rings. The average molecular weight is 234 g/mol. The zero-order valence-corrected chi connectivity index (χ0v) is 8.76. The highest BCUT2D eigenvalue weighted by molar-refractivity contribution is 5.77. The first kappa shape index (κ1) is 13.8. The number of nitrogens with two attached hydrogens (primary N) is 4. The molecule has 0 spiro atoms. The third-order valence-electron chi connectivity index (χ3n) is 1.59. The minimum Gasteiger partial charge on any atom is -0.480 e. The first-order valence-electron chi connectivity index (χ1n) is 4.56. The molecule has 0 saturated heterocycles. The summed E-state index contributed by atoms with van der Waals surface area (Å²) in [6.45, 7) is 0.357. The summed E-state index contributed by atoms with van der Waals surface area (Å²) in [5.41, 5.74) is 22.7. The second-order valence-electron chi connectivity index (χ2n) is 3.01. The van der Waals surface area contributed by atoms with Gasteiger partial charge < -0.3 is 28.0 Å². The number of hydrogen-bond acceptors (Lipinski definition) is 4. The van der Waals surface area contributed by atoms with Crippen LogP contribution in [0.25, 0.3) is 0 Å². The third kappa shape index (κ3) is 7.24. The summed E-state index contributed by atoms with van der Waals surface area (Å²) in [6.07, 6.45) is 0.810. The minimum absolute atomic E-state index is 0.0240. The third-order valence-corrected chi connectivity index (χ3v) is 1.59. The van der Waals surface area contributed by atoms with Gasteiger partial charge in [0.15, 0.2) is 5.96 Å². The fourth-order valence-corrected chi connectivity index (χ4v) is 0.899. The number of carboxylic acids is 1. The Hall–Kier alpha value is -2.19. The Kier molecular flexibility index (Phi) is 6.17. The molecule has 16 heavy (non-hydrogen) atoms. The lowest BCUT2D eigenvalue weighted by Crippen LogP contribution is -2.36. The Morgan fingerprint density at radius 1 is 1.25 bits per heavy atom. The van der Waals surface area contributed by atoms with Gasteiger partial charge in [-0.15, -0.1) is 5.10 Å². The maximum atomic E-state index is 10.7. The van der Waals surface area contributed by atoms with Crippen molar-refractivity contribution in [2.24, 2.45) is 33.0 Å². The molecule has 0 aromatic rings. The quantitative estimate of drug-likeness (QED) is 0.0690. The highest BCUT2D eigenvalue weighted by atomic mass is 16.4. The number of nitrogens with zero attached hydrogens (tertiary/aromatic N) is 2. The largest absolute Gasteiger partial charge is 0.480 e. The van der Waals surface area contributed by atoms with Gasteiger partial charge in [-0.3, -0.25) is 10.4 Å². The predicted molar refractivity (Wildman–Crippen MR) is 60.3 cm³/mol. The highest BCUT2D eigenvalue weighted by Crippen LogP contribution is 1.98. The number of rotatable bonds is 7. The average Bonchev–Trinajstić information content (AvgIpc) is 2.15. The Bertz CT molecular complexity index is 280. The first-order chi connectivity index (χ1) is 7.43. The van der Waals surface area contributed by atoms with Crippen LogP contribution in [0, 0.1) is 0 Å². The van der Waals surface area contributed by atoms with E-state index in [4.69, 9.17) is 28.0 Å². The molecule has 0 amide bonds. The lowest BCUT2D eigenvalue weighted by Gasteiger charge is -2.10. The van der Waals surface area contributed by atoms with E-state index in [0.717, 1.165) is 0 Å². The summed E-state index contributed by atoms with van der Waals surface area (Å²) in [5.74, 6) is -1.30. The van der Waals surface area contributed by atoms with Crippen molar-refractivity contribution in [3.63, 3.8) is 0 Å². The van der Waals surface area contributed by atoms with Crippen molar-refractivity contribution < 1.29 is 9.90 Å². The SMILES string of the molecule is NC(N)=NCCC[C@H](N[15N]=[13C](N)[15NH2])C(=O)O. The van der Waals surface area contributed by atoms with Crippen LogP contribution in [0.15, 0.2) is 10.1 Å². The summed E-state index contributed by atoms with van der Waals surface area (Å²) in [6, 6.07) is -0.865. The van der Waals surface area contributed by atoms with Gasteiger partial charge in [0, 0.05) is 6.54 Å². The zero-order valence-electron chi connectivity index (χ0n) is 8.76. The summed E-state index contributed by atoms with van der Waals surface area (Å²) in [4.78, 5) is 14.5. The molecule has 0 rings (SSSR count). The van der Waals surface area contributed by atoms with Crippen LogP contribution in [-0.2, 0) is 4.79 Å². The molecule has 0 aromatic heterocycles. The summed E-state index contributed by atoms with van der Waals surface area (Å²) < 4.78 is 0. The summed E-state index contributed by atoms with van der Waals surface area (Å²) in [5, 5.41) is 12.2. The van der Waals surface area contributed by atoms with E-state index in [1.807, 2.05) is 0 Å². The van der Waals surface area contributed by atoms with E-state index < -0.39 is 12.0 Å². The number of carboxylic acid groups (broad SMARTS) is 1. The van der Waals surface area contributed by atoms with Crippen molar-refractivity contribution in [1.29, 1.82) is 0 Å². The second kappa shape index (κ2) is 7.15. The molecule has 0 heterocycles. The lowest BCUT2D eigenvalue weighted by atomic mass is 10.2. The molecule has 9 heteroatoms. The minimum atomic E-state index is -1.05. The number of hydrazone groups is 1.